The predicted molar refractivity (Wildman–Crippen MR) is 134 cm³/mol. The Morgan fingerprint density at radius 3 is 2.58 bits per heavy atom. The van der Waals surface area contributed by atoms with Gasteiger partial charge in [0.2, 0.25) is 5.91 Å². The number of piperidine rings is 1. The molecule has 2 aromatic carbocycles. The second-order valence-corrected chi connectivity index (χ2v) is 8.61. The molecule has 1 heterocycles. The molecule has 6 nitrogen and oxygen atoms in total. The topological polar surface area (TPSA) is 70.7 Å². The quantitative estimate of drug-likeness (QED) is 0.374. The van der Waals surface area contributed by atoms with E-state index in [4.69, 9.17) is 16.3 Å². The van der Waals surface area contributed by atoms with Gasteiger partial charge in [0.25, 0.3) is 5.91 Å². The molecule has 2 amide bonds. The number of ether oxygens (including phenoxy) is 1. The van der Waals surface area contributed by atoms with Crippen LogP contribution in [0.4, 0.5) is 11.4 Å². The molecule has 1 aliphatic heterocycles. The highest BCUT2D eigenvalue weighted by Crippen LogP contribution is 2.30. The smallest absolute Gasteiger partial charge is 0.253 e. The summed E-state index contributed by atoms with van der Waals surface area (Å²) < 4.78 is 5.35. The molecule has 0 aromatic heterocycles. The number of alkyl halides is 1. The second kappa shape index (κ2) is 13.2. The van der Waals surface area contributed by atoms with Gasteiger partial charge in [0.1, 0.15) is 5.88 Å². The van der Waals surface area contributed by atoms with E-state index >= 15 is 0 Å². The maximum atomic E-state index is 13.0. The molecular formula is C26H34ClN3O3. The normalized spacial score (nSPS) is 14.2. The minimum atomic E-state index is -0.297. The number of rotatable bonds is 11. The van der Waals surface area contributed by atoms with Crippen molar-refractivity contribution in [2.45, 2.75) is 32.6 Å². The van der Waals surface area contributed by atoms with E-state index in [-0.39, 0.29) is 17.7 Å². The van der Waals surface area contributed by atoms with Gasteiger partial charge in [0.15, 0.2) is 0 Å². The van der Waals surface area contributed by atoms with E-state index in [2.05, 4.69) is 45.9 Å². The number of carbonyl (C=O) groups excluding carboxylic acids is 2. The van der Waals surface area contributed by atoms with Crippen LogP contribution in [0.3, 0.4) is 0 Å². The van der Waals surface area contributed by atoms with Crippen molar-refractivity contribution in [2.75, 3.05) is 48.9 Å². The maximum absolute atomic E-state index is 13.0. The van der Waals surface area contributed by atoms with E-state index in [1.807, 2.05) is 19.1 Å². The van der Waals surface area contributed by atoms with E-state index in [9.17, 15) is 9.59 Å². The Balaban J connectivity index is 1.67. The molecule has 1 aliphatic rings. The summed E-state index contributed by atoms with van der Waals surface area (Å²) in [5.41, 5.74) is 3.42. The Kier molecular flexibility index (Phi) is 10.0. The minimum absolute atomic E-state index is 0.129. The molecule has 33 heavy (non-hydrogen) atoms. The fourth-order valence-corrected chi connectivity index (χ4v) is 4.27. The van der Waals surface area contributed by atoms with Crippen molar-refractivity contribution < 1.29 is 14.3 Å². The highest BCUT2D eigenvalue weighted by molar-refractivity contribution is 6.29. The Bertz CT molecular complexity index is 899. The number of anilines is 2. The fourth-order valence-electron chi connectivity index (χ4n) is 4.21. The van der Waals surface area contributed by atoms with Crippen molar-refractivity contribution in [3.8, 4) is 0 Å². The van der Waals surface area contributed by atoms with Gasteiger partial charge in [-0.05, 0) is 62.3 Å². The van der Waals surface area contributed by atoms with E-state index in [0.717, 1.165) is 44.5 Å². The number of hydrogen-bond acceptors (Lipinski definition) is 4. The first-order chi connectivity index (χ1) is 16.1. The summed E-state index contributed by atoms with van der Waals surface area (Å²) in [7, 11) is 0. The molecule has 2 N–H and O–H groups in total. The number of hydrogen-bond donors (Lipinski definition) is 2. The third kappa shape index (κ3) is 7.76. The second-order valence-electron chi connectivity index (χ2n) is 8.34. The summed E-state index contributed by atoms with van der Waals surface area (Å²) in [6.45, 7) is 5.57. The zero-order valence-electron chi connectivity index (χ0n) is 19.3. The van der Waals surface area contributed by atoms with Crippen LogP contribution in [0, 0.1) is 5.92 Å². The van der Waals surface area contributed by atoms with Crippen LogP contribution in [0.25, 0.3) is 0 Å². The maximum Gasteiger partial charge on any atom is 0.253 e. The molecule has 1 saturated heterocycles. The monoisotopic (exact) mass is 471 g/mol. The molecule has 1 fully saturated rings. The number of carbonyl (C=O) groups is 2. The van der Waals surface area contributed by atoms with Crippen molar-refractivity contribution in [2.24, 2.45) is 5.92 Å². The summed E-state index contributed by atoms with van der Waals surface area (Å²) in [5, 5.41) is 5.73. The van der Waals surface area contributed by atoms with Crippen LogP contribution in [0.15, 0.2) is 48.5 Å². The predicted octanol–water partition coefficient (Wildman–Crippen LogP) is 4.48. The molecule has 178 valence electrons. The van der Waals surface area contributed by atoms with Crippen LogP contribution in [0.2, 0.25) is 0 Å². The van der Waals surface area contributed by atoms with Gasteiger partial charge in [0, 0.05) is 44.2 Å². The molecule has 0 atom stereocenters. The van der Waals surface area contributed by atoms with Gasteiger partial charge in [-0.1, -0.05) is 30.3 Å². The lowest BCUT2D eigenvalue weighted by atomic mass is 9.89. The molecule has 0 aliphatic carbocycles. The van der Waals surface area contributed by atoms with Crippen LogP contribution in [-0.4, -0.2) is 50.5 Å². The van der Waals surface area contributed by atoms with Crippen LogP contribution in [-0.2, 0) is 16.0 Å². The zero-order chi connectivity index (χ0) is 23.5. The number of nitrogens with zero attached hydrogens (tertiary/aromatic N) is 1. The van der Waals surface area contributed by atoms with Crippen LogP contribution in [0.5, 0.6) is 0 Å². The molecule has 0 radical (unpaired) electrons. The third-order valence-electron chi connectivity index (χ3n) is 5.92. The van der Waals surface area contributed by atoms with E-state index < -0.39 is 0 Å². The molecule has 0 spiro atoms. The van der Waals surface area contributed by atoms with Gasteiger partial charge < -0.3 is 20.3 Å². The minimum Gasteiger partial charge on any atom is -0.382 e. The lowest BCUT2D eigenvalue weighted by Crippen LogP contribution is -2.36. The molecule has 2 aromatic rings. The molecule has 7 heteroatoms. The summed E-state index contributed by atoms with van der Waals surface area (Å²) in [5.74, 6) is 0.0706. The van der Waals surface area contributed by atoms with Crippen molar-refractivity contribution in [3.63, 3.8) is 0 Å². The Labute approximate surface area is 201 Å². The standard InChI is InChI=1S/C26H34ClN3O3/c1-2-33-16-6-13-28-26(32)23-18-22(29-25(31)19-27)9-10-24(23)30-14-11-21(12-15-30)17-20-7-4-3-5-8-20/h3-5,7-10,18,21H,2,6,11-17,19H2,1H3,(H,28,32)(H,29,31). The van der Waals surface area contributed by atoms with Crippen LogP contribution in [0.1, 0.15) is 42.1 Å². The van der Waals surface area contributed by atoms with Crippen LogP contribution < -0.4 is 15.5 Å². The van der Waals surface area contributed by atoms with E-state index in [0.29, 0.717) is 36.9 Å². The summed E-state index contributed by atoms with van der Waals surface area (Å²) in [4.78, 5) is 27.1. The number of benzene rings is 2. The van der Waals surface area contributed by atoms with Crippen molar-refractivity contribution in [1.82, 2.24) is 5.32 Å². The first-order valence-electron chi connectivity index (χ1n) is 11.8. The van der Waals surface area contributed by atoms with E-state index in [1.54, 1.807) is 6.07 Å². The number of amides is 2. The van der Waals surface area contributed by atoms with Crippen molar-refractivity contribution in [3.05, 3.63) is 59.7 Å². The Morgan fingerprint density at radius 1 is 1.12 bits per heavy atom. The van der Waals surface area contributed by atoms with Crippen molar-refractivity contribution >= 4 is 34.8 Å². The van der Waals surface area contributed by atoms with E-state index in [1.165, 1.54) is 5.56 Å². The third-order valence-corrected chi connectivity index (χ3v) is 6.17. The van der Waals surface area contributed by atoms with Crippen LogP contribution >= 0.6 is 11.6 Å². The lowest BCUT2D eigenvalue weighted by molar-refractivity contribution is -0.113. The van der Waals surface area contributed by atoms with Gasteiger partial charge >= 0.3 is 0 Å². The number of halogens is 1. The van der Waals surface area contributed by atoms with Crippen molar-refractivity contribution in [1.29, 1.82) is 0 Å². The SMILES string of the molecule is CCOCCCNC(=O)c1cc(NC(=O)CCl)ccc1N1CCC(Cc2ccccc2)CC1. The highest BCUT2D eigenvalue weighted by atomic mass is 35.5. The lowest BCUT2D eigenvalue weighted by Gasteiger charge is -2.35. The molecule has 0 saturated carbocycles. The molecule has 0 bridgehead atoms. The largest absolute Gasteiger partial charge is 0.382 e. The molecular weight excluding hydrogens is 438 g/mol. The zero-order valence-corrected chi connectivity index (χ0v) is 20.1. The van der Waals surface area contributed by atoms with Gasteiger partial charge in [0.05, 0.1) is 5.56 Å². The first kappa shape index (κ1) is 25.1. The van der Waals surface area contributed by atoms with Gasteiger partial charge in [-0.25, -0.2) is 0 Å². The summed E-state index contributed by atoms with van der Waals surface area (Å²) in [6.07, 6.45) is 4.00. The van der Waals surface area contributed by atoms with Gasteiger partial charge in [-0.15, -0.1) is 11.6 Å². The first-order valence-corrected chi connectivity index (χ1v) is 12.3. The Hall–Kier alpha value is -2.57. The number of nitrogens with one attached hydrogen (secondary N) is 2. The highest BCUT2D eigenvalue weighted by Gasteiger charge is 2.23. The molecule has 0 unspecified atom stereocenters. The van der Waals surface area contributed by atoms with Gasteiger partial charge in [-0.3, -0.25) is 9.59 Å². The average Bonchev–Trinajstić information content (AvgIpc) is 2.85. The summed E-state index contributed by atoms with van der Waals surface area (Å²) in [6, 6.07) is 16.1. The molecule has 3 rings (SSSR count). The summed E-state index contributed by atoms with van der Waals surface area (Å²) >= 11 is 5.63. The average molecular weight is 472 g/mol. The fraction of sp³-hybridized carbons (Fsp3) is 0.462. The van der Waals surface area contributed by atoms with Gasteiger partial charge in [-0.2, -0.15) is 0 Å². The Morgan fingerprint density at radius 2 is 1.88 bits per heavy atom.